The number of carbonyl (C=O) groups excluding carboxylic acids is 2. The molecule has 160 valence electrons. The second-order valence-corrected chi connectivity index (χ2v) is 6.97. The van der Waals surface area contributed by atoms with Crippen LogP contribution in [0.15, 0.2) is 29.8 Å². The average molecular weight is 411 g/mol. The smallest absolute Gasteiger partial charge is 0.254 e. The van der Waals surface area contributed by atoms with E-state index in [4.69, 9.17) is 0 Å². The van der Waals surface area contributed by atoms with Gasteiger partial charge >= 0.3 is 0 Å². The zero-order valence-corrected chi connectivity index (χ0v) is 16.6. The summed E-state index contributed by atoms with van der Waals surface area (Å²) in [5.41, 5.74) is 1.29. The van der Waals surface area contributed by atoms with Gasteiger partial charge in [-0.1, -0.05) is 11.6 Å². The SMILES string of the molecule is CC=C(C)CCNC(=O)[C@H](O)[C@@H](O)C(=O)N1CCN(c2ccc(F)cc2F)CC1. The Bertz CT molecular complexity index is 764. The number of halogens is 2. The predicted molar refractivity (Wildman–Crippen MR) is 104 cm³/mol. The minimum absolute atomic E-state index is 0.168. The minimum Gasteiger partial charge on any atom is -0.380 e. The van der Waals surface area contributed by atoms with Crippen LogP contribution in [0.3, 0.4) is 0 Å². The van der Waals surface area contributed by atoms with Crippen molar-refractivity contribution in [1.82, 2.24) is 10.2 Å². The van der Waals surface area contributed by atoms with Crippen molar-refractivity contribution in [2.75, 3.05) is 37.6 Å². The van der Waals surface area contributed by atoms with Crippen LogP contribution in [0.4, 0.5) is 14.5 Å². The van der Waals surface area contributed by atoms with Gasteiger partial charge in [0.2, 0.25) is 0 Å². The molecule has 0 aromatic heterocycles. The minimum atomic E-state index is -1.88. The molecule has 2 atom stereocenters. The van der Waals surface area contributed by atoms with Crippen LogP contribution in [0.25, 0.3) is 0 Å². The number of nitrogens with one attached hydrogen (secondary N) is 1. The van der Waals surface area contributed by atoms with Crippen molar-refractivity contribution in [3.63, 3.8) is 0 Å². The van der Waals surface area contributed by atoms with E-state index in [9.17, 15) is 28.6 Å². The number of anilines is 1. The maximum Gasteiger partial charge on any atom is 0.254 e. The molecule has 0 bridgehead atoms. The lowest BCUT2D eigenvalue weighted by atomic mass is 10.1. The highest BCUT2D eigenvalue weighted by molar-refractivity contribution is 5.90. The van der Waals surface area contributed by atoms with Crippen LogP contribution in [0, 0.1) is 11.6 Å². The Morgan fingerprint density at radius 3 is 2.41 bits per heavy atom. The Labute approximate surface area is 168 Å². The molecule has 1 saturated heterocycles. The van der Waals surface area contributed by atoms with Crippen molar-refractivity contribution in [1.29, 1.82) is 0 Å². The number of nitrogens with zero attached hydrogens (tertiary/aromatic N) is 2. The van der Waals surface area contributed by atoms with E-state index in [1.54, 1.807) is 4.90 Å². The molecule has 0 spiro atoms. The van der Waals surface area contributed by atoms with Gasteiger partial charge in [0.15, 0.2) is 12.2 Å². The third kappa shape index (κ3) is 5.98. The lowest BCUT2D eigenvalue weighted by Crippen LogP contribution is -2.55. The monoisotopic (exact) mass is 411 g/mol. The number of amides is 2. The molecule has 3 N–H and O–H groups in total. The molecule has 7 nitrogen and oxygen atoms in total. The molecule has 1 aliphatic heterocycles. The summed E-state index contributed by atoms with van der Waals surface area (Å²) in [6.07, 6.45) is -1.26. The number of carbonyl (C=O) groups is 2. The molecule has 1 aliphatic rings. The quantitative estimate of drug-likeness (QED) is 0.578. The average Bonchev–Trinajstić information content (AvgIpc) is 2.72. The largest absolute Gasteiger partial charge is 0.380 e. The van der Waals surface area contributed by atoms with E-state index in [-0.39, 0.29) is 38.4 Å². The van der Waals surface area contributed by atoms with E-state index >= 15 is 0 Å². The zero-order chi connectivity index (χ0) is 21.6. The highest BCUT2D eigenvalue weighted by atomic mass is 19.1. The summed E-state index contributed by atoms with van der Waals surface area (Å²) in [6.45, 7) is 4.94. The van der Waals surface area contributed by atoms with Gasteiger partial charge in [0, 0.05) is 38.8 Å². The molecule has 1 heterocycles. The molecule has 2 amide bonds. The van der Waals surface area contributed by atoms with Crippen LogP contribution < -0.4 is 10.2 Å². The van der Waals surface area contributed by atoms with Crippen molar-refractivity contribution < 1.29 is 28.6 Å². The van der Waals surface area contributed by atoms with Crippen molar-refractivity contribution in [2.45, 2.75) is 32.5 Å². The van der Waals surface area contributed by atoms with Gasteiger partial charge in [0.25, 0.3) is 11.8 Å². The Morgan fingerprint density at radius 1 is 1.17 bits per heavy atom. The molecule has 2 rings (SSSR count). The first-order chi connectivity index (χ1) is 13.7. The fourth-order valence-electron chi connectivity index (χ4n) is 3.00. The van der Waals surface area contributed by atoms with Gasteiger partial charge in [-0.05, 0) is 32.4 Å². The Balaban J connectivity index is 1.86. The van der Waals surface area contributed by atoms with E-state index in [1.165, 1.54) is 11.0 Å². The summed E-state index contributed by atoms with van der Waals surface area (Å²) in [5.74, 6) is -2.94. The molecule has 1 fully saturated rings. The van der Waals surface area contributed by atoms with Gasteiger partial charge in [0.05, 0.1) is 5.69 Å². The van der Waals surface area contributed by atoms with Gasteiger partial charge in [-0.15, -0.1) is 0 Å². The van der Waals surface area contributed by atoms with Crippen molar-refractivity contribution in [3.8, 4) is 0 Å². The van der Waals surface area contributed by atoms with Crippen molar-refractivity contribution in [2.24, 2.45) is 0 Å². The first-order valence-electron chi connectivity index (χ1n) is 9.49. The molecule has 1 aromatic rings. The number of rotatable bonds is 7. The molecule has 0 aliphatic carbocycles. The third-order valence-corrected chi connectivity index (χ3v) is 4.97. The normalized spacial score (nSPS) is 17.1. The van der Waals surface area contributed by atoms with Gasteiger partial charge in [0.1, 0.15) is 11.6 Å². The van der Waals surface area contributed by atoms with Crippen molar-refractivity contribution >= 4 is 17.5 Å². The number of aliphatic hydroxyl groups excluding tert-OH is 2. The summed E-state index contributed by atoms with van der Waals surface area (Å²) in [5, 5.41) is 22.6. The zero-order valence-electron chi connectivity index (χ0n) is 16.6. The molecule has 29 heavy (non-hydrogen) atoms. The molecule has 0 radical (unpaired) electrons. The summed E-state index contributed by atoms with van der Waals surface area (Å²) in [7, 11) is 0. The number of allylic oxidation sites excluding steroid dienone is 1. The van der Waals surface area contributed by atoms with Crippen LogP contribution in [0.2, 0.25) is 0 Å². The van der Waals surface area contributed by atoms with E-state index in [0.717, 1.165) is 17.7 Å². The standard InChI is InChI=1S/C20H27F2N3O4/c1-3-13(2)6-7-23-19(28)17(26)18(27)20(29)25-10-8-24(9-11-25)16-5-4-14(21)12-15(16)22/h3-5,12,17-18,26-27H,6-11H2,1-2H3,(H,23,28)/t17-,18-/m1/s1. The first-order valence-corrected chi connectivity index (χ1v) is 9.49. The van der Waals surface area contributed by atoms with Crippen molar-refractivity contribution in [3.05, 3.63) is 41.5 Å². The summed E-state index contributed by atoms with van der Waals surface area (Å²) >= 11 is 0. The molecule has 9 heteroatoms. The van der Waals surface area contributed by atoms with E-state index < -0.39 is 35.7 Å². The molecule has 0 unspecified atom stereocenters. The lowest BCUT2D eigenvalue weighted by molar-refractivity contribution is -0.153. The van der Waals surface area contributed by atoms with Gasteiger partial charge in [-0.25, -0.2) is 8.78 Å². The predicted octanol–water partition coefficient (Wildman–Crippen LogP) is 0.808. The van der Waals surface area contributed by atoms with Crippen LogP contribution in [0.5, 0.6) is 0 Å². The van der Waals surface area contributed by atoms with E-state index in [0.29, 0.717) is 6.42 Å². The van der Waals surface area contributed by atoms with E-state index in [1.807, 2.05) is 19.9 Å². The molecule has 1 aromatic carbocycles. The fourth-order valence-corrected chi connectivity index (χ4v) is 3.00. The molecular formula is C20H27F2N3O4. The number of aliphatic hydroxyl groups is 2. The first kappa shape index (κ1) is 22.8. The highest BCUT2D eigenvalue weighted by Gasteiger charge is 2.34. The highest BCUT2D eigenvalue weighted by Crippen LogP contribution is 2.21. The van der Waals surface area contributed by atoms with Crippen LogP contribution in [-0.4, -0.2) is 71.9 Å². The molecule has 0 saturated carbocycles. The summed E-state index contributed by atoms with van der Waals surface area (Å²) in [4.78, 5) is 27.3. The molecular weight excluding hydrogens is 384 g/mol. The Hall–Kier alpha value is -2.52. The Kier molecular flexibility index (Phi) is 8.10. The van der Waals surface area contributed by atoms with Crippen LogP contribution >= 0.6 is 0 Å². The van der Waals surface area contributed by atoms with Gasteiger partial charge in [-0.2, -0.15) is 0 Å². The third-order valence-electron chi connectivity index (χ3n) is 4.97. The number of benzene rings is 1. The fraction of sp³-hybridized carbons (Fsp3) is 0.500. The van der Waals surface area contributed by atoms with Gasteiger partial charge in [-0.3, -0.25) is 9.59 Å². The maximum atomic E-state index is 13.9. The van der Waals surface area contributed by atoms with Gasteiger partial charge < -0.3 is 25.3 Å². The number of piperazine rings is 1. The number of hydrogen-bond acceptors (Lipinski definition) is 5. The second kappa shape index (κ2) is 10.3. The summed E-state index contributed by atoms with van der Waals surface area (Å²) < 4.78 is 27.0. The maximum absolute atomic E-state index is 13.9. The Morgan fingerprint density at radius 2 is 1.83 bits per heavy atom. The lowest BCUT2D eigenvalue weighted by Gasteiger charge is -2.37. The number of hydrogen-bond donors (Lipinski definition) is 3. The topological polar surface area (TPSA) is 93.1 Å². The van der Waals surface area contributed by atoms with Crippen LogP contribution in [-0.2, 0) is 9.59 Å². The van der Waals surface area contributed by atoms with E-state index in [2.05, 4.69) is 5.32 Å². The van der Waals surface area contributed by atoms with Crippen LogP contribution in [0.1, 0.15) is 20.3 Å². The second-order valence-electron chi connectivity index (χ2n) is 6.97. The summed E-state index contributed by atoms with van der Waals surface area (Å²) in [6, 6.07) is 3.29.